The van der Waals surface area contributed by atoms with E-state index in [1.807, 2.05) is 6.92 Å². The number of hydrogen-bond donors (Lipinski definition) is 1. The summed E-state index contributed by atoms with van der Waals surface area (Å²) < 4.78 is 5.71. The number of esters is 1. The molecule has 8 nitrogen and oxygen atoms in total. The summed E-state index contributed by atoms with van der Waals surface area (Å²) in [5.41, 5.74) is -1.19. The highest BCUT2D eigenvalue weighted by Gasteiger charge is 2.24. The van der Waals surface area contributed by atoms with E-state index < -0.39 is 22.8 Å². The Morgan fingerprint density at radius 2 is 2.18 bits per heavy atom. The Labute approximate surface area is 126 Å². The van der Waals surface area contributed by atoms with Gasteiger partial charge in [0.1, 0.15) is 18.7 Å². The van der Waals surface area contributed by atoms with Crippen molar-refractivity contribution in [2.45, 2.75) is 26.7 Å². The van der Waals surface area contributed by atoms with Crippen LogP contribution in [0.1, 0.15) is 37.0 Å². The number of aromatic nitrogens is 3. The van der Waals surface area contributed by atoms with Gasteiger partial charge in [0.15, 0.2) is 11.2 Å². The van der Waals surface area contributed by atoms with Crippen LogP contribution in [0.5, 0.6) is 5.75 Å². The minimum atomic E-state index is -0.913. The number of unbranched alkanes of at least 4 members (excludes halogenated alkanes) is 1. The van der Waals surface area contributed by atoms with Gasteiger partial charge in [0.05, 0.1) is 12.0 Å². The highest BCUT2D eigenvalue weighted by atomic mass is 16.7. The average Bonchev–Trinajstić information content (AvgIpc) is 2.51. The quantitative estimate of drug-likeness (QED) is 0.624. The minimum absolute atomic E-state index is 0.0811. The number of fused-ring (bicyclic) bond motifs is 1. The van der Waals surface area contributed by atoms with Gasteiger partial charge in [0.25, 0.3) is 0 Å². The second kappa shape index (κ2) is 6.88. The van der Waals surface area contributed by atoms with Crippen LogP contribution in [0.25, 0.3) is 11.0 Å². The Bertz CT molecular complexity index is 741. The number of ether oxygens (including phenoxy) is 1. The lowest BCUT2D eigenvalue weighted by Gasteiger charge is -2.13. The van der Waals surface area contributed by atoms with Gasteiger partial charge in [-0.25, -0.2) is 14.8 Å². The van der Waals surface area contributed by atoms with E-state index in [1.165, 1.54) is 12.5 Å². The molecule has 118 valence electrons. The largest absolute Gasteiger partial charge is 0.506 e. The van der Waals surface area contributed by atoms with Crippen molar-refractivity contribution >= 4 is 17.0 Å². The molecule has 2 aromatic heterocycles. The molecule has 2 rings (SSSR count). The van der Waals surface area contributed by atoms with Crippen molar-refractivity contribution in [3.05, 3.63) is 28.4 Å². The van der Waals surface area contributed by atoms with E-state index >= 15 is 0 Å². The number of pyridine rings is 1. The summed E-state index contributed by atoms with van der Waals surface area (Å²) in [6.07, 6.45) is 4.14. The standard InChI is InChI=1S/C14H17N3O5/c1-3-5-6-22-17-12-9(7-15-8-16-12)11(18)10(13(17)19)14(20)21-4-2/h7-8,18H,3-6H2,1-2H3. The van der Waals surface area contributed by atoms with Crippen LogP contribution < -0.4 is 10.4 Å². The molecule has 0 amide bonds. The van der Waals surface area contributed by atoms with Crippen molar-refractivity contribution in [3.8, 4) is 5.75 Å². The second-order valence-electron chi connectivity index (χ2n) is 4.49. The van der Waals surface area contributed by atoms with Crippen LogP contribution in [0, 0.1) is 0 Å². The number of nitrogens with zero attached hydrogens (tertiary/aromatic N) is 3. The first-order valence-corrected chi connectivity index (χ1v) is 6.99. The molecule has 22 heavy (non-hydrogen) atoms. The van der Waals surface area contributed by atoms with E-state index in [4.69, 9.17) is 9.57 Å². The van der Waals surface area contributed by atoms with Crippen LogP contribution in [-0.4, -0.2) is 39.0 Å². The van der Waals surface area contributed by atoms with Crippen molar-refractivity contribution in [2.24, 2.45) is 0 Å². The normalized spacial score (nSPS) is 10.6. The lowest BCUT2D eigenvalue weighted by molar-refractivity contribution is 0.0510. The van der Waals surface area contributed by atoms with Crippen molar-refractivity contribution < 1.29 is 19.5 Å². The zero-order valence-corrected chi connectivity index (χ0v) is 12.4. The molecule has 0 saturated heterocycles. The molecule has 0 aromatic carbocycles. The SMILES string of the molecule is CCCCOn1c(=O)c(C(=O)OCC)c(O)c2cncnc21. The first kappa shape index (κ1) is 15.7. The van der Waals surface area contributed by atoms with Crippen molar-refractivity contribution in [2.75, 3.05) is 13.2 Å². The summed E-state index contributed by atoms with van der Waals surface area (Å²) >= 11 is 0. The molecule has 0 aliphatic carbocycles. The summed E-state index contributed by atoms with van der Waals surface area (Å²) in [6.45, 7) is 3.95. The Kier molecular flexibility index (Phi) is 4.92. The minimum Gasteiger partial charge on any atom is -0.506 e. The van der Waals surface area contributed by atoms with E-state index in [2.05, 4.69) is 9.97 Å². The zero-order chi connectivity index (χ0) is 16.1. The molecule has 0 saturated carbocycles. The number of carbonyl (C=O) groups is 1. The predicted molar refractivity (Wildman–Crippen MR) is 77.8 cm³/mol. The average molecular weight is 307 g/mol. The first-order valence-electron chi connectivity index (χ1n) is 6.99. The number of aromatic hydroxyl groups is 1. The monoisotopic (exact) mass is 307 g/mol. The lowest BCUT2D eigenvalue weighted by atomic mass is 10.2. The molecular formula is C14H17N3O5. The van der Waals surface area contributed by atoms with Gasteiger partial charge in [-0.05, 0) is 13.3 Å². The van der Waals surface area contributed by atoms with Gasteiger partial charge < -0.3 is 14.7 Å². The lowest BCUT2D eigenvalue weighted by Crippen LogP contribution is -2.33. The van der Waals surface area contributed by atoms with E-state index in [0.29, 0.717) is 0 Å². The van der Waals surface area contributed by atoms with E-state index in [-0.39, 0.29) is 24.2 Å². The molecule has 2 aromatic rings. The van der Waals surface area contributed by atoms with E-state index in [1.54, 1.807) is 6.92 Å². The van der Waals surface area contributed by atoms with Crippen LogP contribution >= 0.6 is 0 Å². The van der Waals surface area contributed by atoms with Crippen LogP contribution in [0.2, 0.25) is 0 Å². The summed E-state index contributed by atoms with van der Waals surface area (Å²) in [7, 11) is 0. The summed E-state index contributed by atoms with van der Waals surface area (Å²) in [5.74, 6) is -1.42. The van der Waals surface area contributed by atoms with Crippen LogP contribution in [-0.2, 0) is 4.74 Å². The van der Waals surface area contributed by atoms with E-state index in [0.717, 1.165) is 17.6 Å². The molecule has 2 heterocycles. The molecule has 0 radical (unpaired) electrons. The molecule has 8 heteroatoms. The summed E-state index contributed by atoms with van der Waals surface area (Å²) in [4.78, 5) is 37.5. The van der Waals surface area contributed by atoms with Crippen LogP contribution in [0.15, 0.2) is 17.3 Å². The maximum absolute atomic E-state index is 12.4. The van der Waals surface area contributed by atoms with Gasteiger partial charge in [0.2, 0.25) is 0 Å². The molecule has 0 spiro atoms. The van der Waals surface area contributed by atoms with Gasteiger partial charge in [0, 0.05) is 6.20 Å². The second-order valence-corrected chi connectivity index (χ2v) is 4.49. The van der Waals surface area contributed by atoms with E-state index in [9.17, 15) is 14.7 Å². The molecule has 0 aliphatic rings. The van der Waals surface area contributed by atoms with Crippen molar-refractivity contribution in [1.82, 2.24) is 14.7 Å². The number of hydrogen-bond acceptors (Lipinski definition) is 7. The first-order chi connectivity index (χ1) is 10.6. The summed E-state index contributed by atoms with van der Waals surface area (Å²) in [6, 6.07) is 0. The Morgan fingerprint density at radius 1 is 1.41 bits per heavy atom. The fourth-order valence-corrected chi connectivity index (χ4v) is 1.89. The Balaban J connectivity index is 2.65. The van der Waals surface area contributed by atoms with Crippen LogP contribution in [0.3, 0.4) is 0 Å². The van der Waals surface area contributed by atoms with Crippen molar-refractivity contribution in [3.63, 3.8) is 0 Å². The zero-order valence-electron chi connectivity index (χ0n) is 12.4. The third-order valence-corrected chi connectivity index (χ3v) is 2.97. The fourth-order valence-electron chi connectivity index (χ4n) is 1.89. The predicted octanol–water partition coefficient (Wildman–Crippen LogP) is 0.903. The Hall–Kier alpha value is -2.64. The smallest absolute Gasteiger partial charge is 0.347 e. The maximum atomic E-state index is 12.4. The molecular weight excluding hydrogens is 290 g/mol. The fraction of sp³-hybridized carbons (Fsp3) is 0.429. The molecule has 0 atom stereocenters. The molecule has 0 bridgehead atoms. The molecule has 0 aliphatic heterocycles. The highest BCUT2D eigenvalue weighted by Crippen LogP contribution is 2.24. The van der Waals surface area contributed by atoms with Gasteiger partial charge in [-0.3, -0.25) is 4.79 Å². The van der Waals surface area contributed by atoms with Gasteiger partial charge in [-0.2, -0.15) is 0 Å². The molecule has 0 fully saturated rings. The van der Waals surface area contributed by atoms with Gasteiger partial charge in [-0.15, -0.1) is 4.73 Å². The topological polar surface area (TPSA) is 104 Å². The number of rotatable bonds is 6. The third kappa shape index (κ3) is 2.85. The highest BCUT2D eigenvalue weighted by molar-refractivity contribution is 5.98. The van der Waals surface area contributed by atoms with Crippen LogP contribution in [0.4, 0.5) is 0 Å². The molecule has 1 N–H and O–H groups in total. The van der Waals surface area contributed by atoms with Crippen molar-refractivity contribution in [1.29, 1.82) is 0 Å². The maximum Gasteiger partial charge on any atom is 0.347 e. The number of carbonyl (C=O) groups excluding carboxylic acids is 1. The molecule has 0 unspecified atom stereocenters. The third-order valence-electron chi connectivity index (χ3n) is 2.97. The Morgan fingerprint density at radius 3 is 2.86 bits per heavy atom. The van der Waals surface area contributed by atoms with Gasteiger partial charge >= 0.3 is 11.5 Å². The van der Waals surface area contributed by atoms with Gasteiger partial charge in [-0.1, -0.05) is 13.3 Å². The summed E-state index contributed by atoms with van der Waals surface area (Å²) in [5, 5.41) is 10.3.